The quantitative estimate of drug-likeness (QED) is 0.496. The second-order valence-electron chi connectivity index (χ2n) is 10.2. The lowest BCUT2D eigenvalue weighted by molar-refractivity contribution is 0.0746. The van der Waals surface area contributed by atoms with Crippen molar-refractivity contribution in [3.63, 3.8) is 0 Å². The molecule has 34 heavy (non-hydrogen) atoms. The van der Waals surface area contributed by atoms with Crippen LogP contribution in [-0.4, -0.2) is 67.6 Å². The summed E-state index contributed by atoms with van der Waals surface area (Å²) in [5.74, 6) is 1.52. The van der Waals surface area contributed by atoms with Gasteiger partial charge in [-0.15, -0.1) is 0 Å². The van der Waals surface area contributed by atoms with E-state index in [1.807, 2.05) is 11.8 Å². The molecule has 5 heteroatoms. The first-order valence-electron chi connectivity index (χ1n) is 13.0. The van der Waals surface area contributed by atoms with E-state index in [2.05, 4.69) is 73.0 Å². The number of hydrogen-bond acceptors (Lipinski definition) is 4. The highest BCUT2D eigenvalue weighted by Crippen LogP contribution is 2.24. The highest BCUT2D eigenvalue weighted by Gasteiger charge is 2.24. The normalized spacial score (nSPS) is 19.1. The zero-order valence-corrected chi connectivity index (χ0v) is 21.4. The van der Waals surface area contributed by atoms with Gasteiger partial charge in [0.2, 0.25) is 0 Å². The summed E-state index contributed by atoms with van der Waals surface area (Å²) in [5.41, 5.74) is 4.33. The molecule has 0 N–H and O–H groups in total. The van der Waals surface area contributed by atoms with Crippen molar-refractivity contribution in [1.29, 1.82) is 0 Å². The van der Waals surface area contributed by atoms with E-state index in [1.165, 1.54) is 30.6 Å². The Morgan fingerprint density at radius 2 is 1.76 bits per heavy atom. The van der Waals surface area contributed by atoms with Crippen LogP contribution in [0.5, 0.6) is 5.75 Å². The van der Waals surface area contributed by atoms with Gasteiger partial charge >= 0.3 is 0 Å². The number of carbonyl (C=O) groups excluding carboxylic acids is 1. The third-order valence-electron chi connectivity index (χ3n) is 7.48. The van der Waals surface area contributed by atoms with Crippen LogP contribution in [0.2, 0.25) is 0 Å². The summed E-state index contributed by atoms with van der Waals surface area (Å²) < 4.78 is 5.98. The Morgan fingerprint density at radius 3 is 2.41 bits per heavy atom. The van der Waals surface area contributed by atoms with Gasteiger partial charge in [0.1, 0.15) is 5.75 Å². The molecule has 1 unspecified atom stereocenters. The summed E-state index contributed by atoms with van der Waals surface area (Å²) >= 11 is 0. The van der Waals surface area contributed by atoms with E-state index in [-0.39, 0.29) is 5.91 Å². The number of ether oxygens (including phenoxy) is 1. The summed E-state index contributed by atoms with van der Waals surface area (Å²) in [6.07, 6.45) is 3.73. The van der Waals surface area contributed by atoms with Crippen LogP contribution in [0, 0.1) is 6.92 Å². The van der Waals surface area contributed by atoms with Crippen molar-refractivity contribution in [2.75, 3.05) is 50.8 Å². The topological polar surface area (TPSA) is 36.0 Å². The average molecular weight is 464 g/mol. The van der Waals surface area contributed by atoms with E-state index in [4.69, 9.17) is 4.74 Å². The maximum Gasteiger partial charge on any atom is 0.254 e. The van der Waals surface area contributed by atoms with Gasteiger partial charge < -0.3 is 19.4 Å². The van der Waals surface area contributed by atoms with Crippen LogP contribution in [0.3, 0.4) is 0 Å². The molecule has 2 saturated heterocycles. The number of hydrogen-bond donors (Lipinski definition) is 0. The zero-order chi connectivity index (χ0) is 24.1. The van der Waals surface area contributed by atoms with Crippen LogP contribution < -0.4 is 9.64 Å². The number of likely N-dealkylation sites (tertiary alicyclic amines) is 1. The Morgan fingerprint density at radius 1 is 1.03 bits per heavy atom. The summed E-state index contributed by atoms with van der Waals surface area (Å²) in [4.78, 5) is 20.1. The summed E-state index contributed by atoms with van der Waals surface area (Å²) in [5, 5.41) is 0. The molecule has 2 heterocycles. The van der Waals surface area contributed by atoms with Crippen molar-refractivity contribution in [1.82, 2.24) is 9.80 Å². The van der Waals surface area contributed by atoms with Crippen LogP contribution >= 0.6 is 0 Å². The van der Waals surface area contributed by atoms with E-state index in [1.54, 1.807) is 0 Å². The number of rotatable bonds is 8. The van der Waals surface area contributed by atoms with Gasteiger partial charge in [0.15, 0.2) is 0 Å². The van der Waals surface area contributed by atoms with Crippen LogP contribution in [-0.2, 0) is 0 Å². The fourth-order valence-electron chi connectivity index (χ4n) is 5.10. The Kier molecular flexibility index (Phi) is 8.15. The molecule has 2 aliphatic rings. The summed E-state index contributed by atoms with van der Waals surface area (Å²) in [7, 11) is 0. The number of piperazine rings is 1. The maximum absolute atomic E-state index is 13.2. The van der Waals surface area contributed by atoms with Gasteiger partial charge in [-0.1, -0.05) is 26.0 Å². The van der Waals surface area contributed by atoms with Crippen molar-refractivity contribution in [3.05, 3.63) is 59.2 Å². The largest absolute Gasteiger partial charge is 0.494 e. The number of anilines is 1. The molecule has 4 rings (SSSR count). The minimum absolute atomic E-state index is 0.159. The minimum Gasteiger partial charge on any atom is -0.494 e. The molecular formula is C29H41N3O2. The molecule has 0 spiro atoms. The lowest BCUT2D eigenvalue weighted by atomic mass is 9.97. The van der Waals surface area contributed by atoms with Crippen molar-refractivity contribution in [3.8, 4) is 5.75 Å². The second-order valence-corrected chi connectivity index (χ2v) is 10.2. The number of carbonyl (C=O) groups is 1. The predicted octanol–water partition coefficient (Wildman–Crippen LogP) is 5.33. The minimum atomic E-state index is 0.159. The molecular weight excluding hydrogens is 422 g/mol. The van der Waals surface area contributed by atoms with E-state index >= 15 is 0 Å². The Hall–Kier alpha value is -2.53. The number of amides is 1. The van der Waals surface area contributed by atoms with Crippen molar-refractivity contribution < 1.29 is 9.53 Å². The molecule has 1 amide bonds. The van der Waals surface area contributed by atoms with E-state index < -0.39 is 0 Å². The van der Waals surface area contributed by atoms with Gasteiger partial charge in [-0.25, -0.2) is 0 Å². The SMILES string of the molecule is Cc1ccc(C(C)C)cc1C(=O)N1CCN(c2ccc(OCCCN3CCCC3C)cc2)CC1. The van der Waals surface area contributed by atoms with Gasteiger partial charge in [-0.2, -0.15) is 0 Å². The number of benzene rings is 2. The summed E-state index contributed by atoms with van der Waals surface area (Å²) in [6.45, 7) is 15.0. The van der Waals surface area contributed by atoms with Crippen LogP contribution in [0.25, 0.3) is 0 Å². The maximum atomic E-state index is 13.2. The van der Waals surface area contributed by atoms with Crippen LogP contribution in [0.1, 0.15) is 67.4 Å². The van der Waals surface area contributed by atoms with E-state index in [0.717, 1.165) is 68.7 Å². The molecule has 0 aliphatic carbocycles. The first kappa shape index (κ1) is 24.6. The molecule has 5 nitrogen and oxygen atoms in total. The third kappa shape index (κ3) is 5.93. The van der Waals surface area contributed by atoms with Gasteiger partial charge in [-0.3, -0.25) is 4.79 Å². The third-order valence-corrected chi connectivity index (χ3v) is 7.48. The smallest absolute Gasteiger partial charge is 0.254 e. The molecule has 2 aromatic rings. The average Bonchev–Trinajstić information content (AvgIpc) is 3.26. The van der Waals surface area contributed by atoms with Crippen LogP contribution in [0.4, 0.5) is 5.69 Å². The van der Waals surface area contributed by atoms with Gasteiger partial charge in [0, 0.05) is 50.0 Å². The van der Waals surface area contributed by atoms with Gasteiger partial charge in [0.05, 0.1) is 6.61 Å². The van der Waals surface area contributed by atoms with Crippen LogP contribution in [0.15, 0.2) is 42.5 Å². The number of aryl methyl sites for hydroxylation is 1. The van der Waals surface area contributed by atoms with E-state index in [0.29, 0.717) is 5.92 Å². The molecule has 2 aliphatic heterocycles. The van der Waals surface area contributed by atoms with E-state index in [9.17, 15) is 4.79 Å². The molecule has 0 aromatic heterocycles. The van der Waals surface area contributed by atoms with Crippen molar-refractivity contribution in [2.24, 2.45) is 0 Å². The molecule has 2 fully saturated rings. The Bertz CT molecular complexity index is 948. The molecule has 0 saturated carbocycles. The van der Waals surface area contributed by atoms with Gasteiger partial charge in [-0.05, 0) is 87.0 Å². The predicted molar refractivity (Wildman–Crippen MR) is 140 cm³/mol. The highest BCUT2D eigenvalue weighted by atomic mass is 16.5. The van der Waals surface area contributed by atoms with Crippen molar-refractivity contribution in [2.45, 2.75) is 58.9 Å². The fraction of sp³-hybridized carbons (Fsp3) is 0.552. The highest BCUT2D eigenvalue weighted by molar-refractivity contribution is 5.96. The first-order valence-corrected chi connectivity index (χ1v) is 13.0. The molecule has 2 aromatic carbocycles. The molecule has 0 bridgehead atoms. The molecule has 0 radical (unpaired) electrons. The molecule has 1 atom stereocenters. The first-order chi connectivity index (χ1) is 16.4. The standard InChI is InChI=1S/C29H41N3O2/c1-22(2)25-9-8-23(3)28(21-25)29(33)32-18-16-31(17-19-32)26-10-12-27(13-11-26)34-20-6-15-30-14-5-7-24(30)4/h8-13,21-22,24H,5-7,14-20H2,1-4H3. The molecule has 184 valence electrons. The Balaban J connectivity index is 1.25. The Labute approximate surface area is 205 Å². The fourth-order valence-corrected chi connectivity index (χ4v) is 5.10. The monoisotopic (exact) mass is 463 g/mol. The summed E-state index contributed by atoms with van der Waals surface area (Å²) in [6, 6.07) is 15.5. The lowest BCUT2D eigenvalue weighted by Gasteiger charge is -2.36. The second kappa shape index (κ2) is 11.3. The van der Waals surface area contributed by atoms with Gasteiger partial charge in [0.25, 0.3) is 5.91 Å². The van der Waals surface area contributed by atoms with Crippen molar-refractivity contribution >= 4 is 11.6 Å². The lowest BCUT2D eigenvalue weighted by Crippen LogP contribution is -2.49. The number of nitrogens with zero attached hydrogens (tertiary/aromatic N) is 3. The zero-order valence-electron chi connectivity index (χ0n) is 21.4.